The molecule has 0 saturated heterocycles. The van der Waals surface area contributed by atoms with Gasteiger partial charge >= 0.3 is 0 Å². The van der Waals surface area contributed by atoms with E-state index in [0.29, 0.717) is 23.4 Å². The van der Waals surface area contributed by atoms with Gasteiger partial charge < -0.3 is 10.2 Å². The highest BCUT2D eigenvalue weighted by Gasteiger charge is 2.12. The Labute approximate surface area is 151 Å². The molecule has 2 amide bonds. The van der Waals surface area contributed by atoms with Gasteiger partial charge in [-0.1, -0.05) is 12.1 Å². The molecule has 5 nitrogen and oxygen atoms in total. The van der Waals surface area contributed by atoms with E-state index in [0.717, 1.165) is 0 Å². The van der Waals surface area contributed by atoms with Crippen LogP contribution in [0.15, 0.2) is 48.5 Å². The molecule has 0 aliphatic carbocycles. The van der Waals surface area contributed by atoms with Crippen LogP contribution in [0, 0.1) is 5.82 Å². The van der Waals surface area contributed by atoms with Gasteiger partial charge in [0.1, 0.15) is 5.82 Å². The number of halogens is 1. The number of amides is 2. The number of rotatable bonds is 7. The van der Waals surface area contributed by atoms with Gasteiger partial charge in [-0.3, -0.25) is 14.4 Å². The maximum atomic E-state index is 13.1. The summed E-state index contributed by atoms with van der Waals surface area (Å²) in [5.74, 6) is -0.839. The van der Waals surface area contributed by atoms with Crippen LogP contribution in [-0.2, 0) is 16.0 Å². The first-order chi connectivity index (χ1) is 12.4. The predicted octanol–water partition coefficient (Wildman–Crippen LogP) is 2.74. The molecule has 2 aromatic carbocycles. The molecule has 0 fully saturated rings. The van der Waals surface area contributed by atoms with Crippen molar-refractivity contribution in [1.29, 1.82) is 0 Å². The minimum atomic E-state index is -0.382. The van der Waals surface area contributed by atoms with Crippen LogP contribution in [-0.4, -0.2) is 30.7 Å². The van der Waals surface area contributed by atoms with E-state index in [4.69, 9.17) is 0 Å². The fraction of sp³-hybridized carbons (Fsp3) is 0.250. The van der Waals surface area contributed by atoms with Crippen LogP contribution < -0.4 is 10.2 Å². The zero-order valence-corrected chi connectivity index (χ0v) is 14.8. The van der Waals surface area contributed by atoms with E-state index >= 15 is 0 Å². The zero-order chi connectivity index (χ0) is 19.1. The van der Waals surface area contributed by atoms with Crippen molar-refractivity contribution < 1.29 is 18.8 Å². The monoisotopic (exact) mass is 356 g/mol. The lowest BCUT2D eigenvalue weighted by Crippen LogP contribution is -2.38. The molecule has 0 aliphatic heterocycles. The van der Waals surface area contributed by atoms with Crippen LogP contribution in [0.4, 0.5) is 10.1 Å². The molecule has 0 bridgehead atoms. The lowest BCUT2D eigenvalue weighted by atomic mass is 10.1. The number of hydrogen-bond acceptors (Lipinski definition) is 3. The highest BCUT2D eigenvalue weighted by atomic mass is 19.1. The van der Waals surface area contributed by atoms with E-state index in [9.17, 15) is 18.8 Å². The van der Waals surface area contributed by atoms with E-state index in [1.165, 1.54) is 30.9 Å². The summed E-state index contributed by atoms with van der Waals surface area (Å²) >= 11 is 0. The zero-order valence-electron chi connectivity index (χ0n) is 14.8. The summed E-state index contributed by atoms with van der Waals surface area (Å²) in [5.41, 5.74) is 1.81. The molecule has 0 spiro atoms. The van der Waals surface area contributed by atoms with Gasteiger partial charge in [0.25, 0.3) is 0 Å². The first-order valence-electron chi connectivity index (χ1n) is 8.27. The number of Topliss-reactive ketones (excluding diaryl/α,β-unsaturated/α-hetero) is 1. The van der Waals surface area contributed by atoms with Gasteiger partial charge in [-0.15, -0.1) is 0 Å². The first-order valence-corrected chi connectivity index (χ1v) is 8.27. The average molecular weight is 356 g/mol. The summed E-state index contributed by atoms with van der Waals surface area (Å²) in [6.45, 7) is 3.48. The van der Waals surface area contributed by atoms with Crippen molar-refractivity contribution in [2.45, 2.75) is 20.3 Å². The van der Waals surface area contributed by atoms with Crippen LogP contribution in [0.1, 0.15) is 29.8 Å². The average Bonchev–Trinajstić information content (AvgIpc) is 2.58. The summed E-state index contributed by atoms with van der Waals surface area (Å²) < 4.78 is 13.1. The van der Waals surface area contributed by atoms with E-state index in [1.54, 1.807) is 36.4 Å². The van der Waals surface area contributed by atoms with Crippen molar-refractivity contribution in [3.05, 3.63) is 65.5 Å². The number of nitrogens with zero attached hydrogens (tertiary/aromatic N) is 1. The number of ketones is 1. The number of benzene rings is 2. The van der Waals surface area contributed by atoms with Gasteiger partial charge in [0.15, 0.2) is 5.78 Å². The number of carbonyl (C=O) groups excluding carboxylic acids is 3. The predicted molar refractivity (Wildman–Crippen MR) is 97.6 cm³/mol. The molecule has 136 valence electrons. The second kappa shape index (κ2) is 8.89. The van der Waals surface area contributed by atoms with Gasteiger partial charge in [0.05, 0.1) is 6.42 Å². The molecule has 6 heteroatoms. The van der Waals surface area contributed by atoms with Crippen LogP contribution in [0.5, 0.6) is 0 Å². The van der Waals surface area contributed by atoms with Crippen molar-refractivity contribution in [2.75, 3.05) is 18.0 Å². The van der Waals surface area contributed by atoms with Crippen molar-refractivity contribution >= 4 is 23.3 Å². The highest BCUT2D eigenvalue weighted by Crippen LogP contribution is 2.15. The summed E-state index contributed by atoms with van der Waals surface area (Å²) in [4.78, 5) is 36.7. The summed E-state index contributed by atoms with van der Waals surface area (Å²) in [6, 6.07) is 12.6. The van der Waals surface area contributed by atoms with Gasteiger partial charge in [-0.05, 0) is 48.9 Å². The van der Waals surface area contributed by atoms with Gasteiger partial charge in [0, 0.05) is 31.3 Å². The molecule has 0 saturated carbocycles. The van der Waals surface area contributed by atoms with E-state index in [1.807, 2.05) is 0 Å². The molecule has 0 aliphatic rings. The number of hydrogen-bond donors (Lipinski definition) is 1. The quantitative estimate of drug-likeness (QED) is 0.776. The largest absolute Gasteiger partial charge is 0.354 e. The minimum absolute atomic E-state index is 0.0458. The minimum Gasteiger partial charge on any atom is -0.354 e. The Morgan fingerprint density at radius 2 is 1.73 bits per heavy atom. The first kappa shape index (κ1) is 19.3. The molecule has 26 heavy (non-hydrogen) atoms. The maximum absolute atomic E-state index is 13.1. The molecule has 0 aromatic heterocycles. The molecule has 2 rings (SSSR count). The van der Waals surface area contributed by atoms with Gasteiger partial charge in [0.2, 0.25) is 11.8 Å². The topological polar surface area (TPSA) is 66.5 Å². The number of carbonyl (C=O) groups is 3. The SMILES string of the molecule is CC(=O)c1ccc(N(CCNC(=O)Cc2cccc(F)c2)C(C)=O)cc1. The lowest BCUT2D eigenvalue weighted by Gasteiger charge is -2.21. The smallest absolute Gasteiger partial charge is 0.224 e. The Bertz CT molecular complexity index is 803. The molecule has 1 N–H and O–H groups in total. The van der Waals surface area contributed by atoms with E-state index < -0.39 is 0 Å². The summed E-state index contributed by atoms with van der Waals surface area (Å²) in [5, 5.41) is 2.73. The number of nitrogens with one attached hydrogen (secondary N) is 1. The molecular formula is C20H21FN2O3. The fourth-order valence-electron chi connectivity index (χ4n) is 2.55. The molecule has 0 radical (unpaired) electrons. The summed E-state index contributed by atoms with van der Waals surface area (Å²) in [6.07, 6.45) is 0.0745. The molecule has 0 atom stereocenters. The molecule has 0 unspecified atom stereocenters. The normalized spacial score (nSPS) is 10.3. The van der Waals surface area contributed by atoms with Crippen LogP contribution in [0.2, 0.25) is 0 Å². The second-order valence-electron chi connectivity index (χ2n) is 5.93. The third-order valence-corrected chi connectivity index (χ3v) is 3.88. The standard InChI is InChI=1S/C20H21FN2O3/c1-14(24)17-6-8-19(9-7-17)23(15(2)25)11-10-22-20(26)13-16-4-3-5-18(21)12-16/h3-9,12H,10-11,13H2,1-2H3,(H,22,26). The highest BCUT2D eigenvalue weighted by molar-refractivity contribution is 5.96. The Kier molecular flexibility index (Phi) is 6.60. The molecule has 0 heterocycles. The van der Waals surface area contributed by atoms with Gasteiger partial charge in [-0.2, -0.15) is 0 Å². The van der Waals surface area contributed by atoms with Crippen LogP contribution >= 0.6 is 0 Å². The molecular weight excluding hydrogens is 335 g/mol. The Balaban J connectivity index is 1.91. The Morgan fingerprint density at radius 1 is 1.04 bits per heavy atom. The van der Waals surface area contributed by atoms with Crippen LogP contribution in [0.25, 0.3) is 0 Å². The third kappa shape index (κ3) is 5.51. The number of anilines is 1. The van der Waals surface area contributed by atoms with Crippen molar-refractivity contribution in [3.8, 4) is 0 Å². The second-order valence-corrected chi connectivity index (χ2v) is 5.93. The third-order valence-electron chi connectivity index (χ3n) is 3.88. The van der Waals surface area contributed by atoms with Gasteiger partial charge in [-0.25, -0.2) is 4.39 Å². The van der Waals surface area contributed by atoms with Crippen molar-refractivity contribution in [1.82, 2.24) is 5.32 Å². The van der Waals surface area contributed by atoms with Crippen LogP contribution in [0.3, 0.4) is 0 Å². The summed E-state index contributed by atoms with van der Waals surface area (Å²) in [7, 11) is 0. The Hall–Kier alpha value is -3.02. The maximum Gasteiger partial charge on any atom is 0.224 e. The molecule has 2 aromatic rings. The fourth-order valence-corrected chi connectivity index (χ4v) is 2.55. The van der Waals surface area contributed by atoms with Crippen molar-refractivity contribution in [3.63, 3.8) is 0 Å². The Morgan fingerprint density at radius 3 is 2.31 bits per heavy atom. The van der Waals surface area contributed by atoms with E-state index in [-0.39, 0.29) is 36.4 Å². The van der Waals surface area contributed by atoms with E-state index in [2.05, 4.69) is 5.32 Å². The van der Waals surface area contributed by atoms with Crippen molar-refractivity contribution in [2.24, 2.45) is 0 Å². The lowest BCUT2D eigenvalue weighted by molar-refractivity contribution is -0.121.